The number of nitrogens with zero attached hydrogens (tertiary/aromatic N) is 6. The molecule has 0 atom stereocenters. The zero-order chi connectivity index (χ0) is 22.8. The number of anilines is 3. The highest BCUT2D eigenvalue weighted by Crippen LogP contribution is 2.26. The van der Waals surface area contributed by atoms with Gasteiger partial charge >= 0.3 is 0 Å². The molecule has 4 aromatic rings. The molecule has 1 aliphatic heterocycles. The molecule has 1 aromatic carbocycles. The fourth-order valence-corrected chi connectivity index (χ4v) is 5.51. The van der Waals surface area contributed by atoms with E-state index in [1.165, 1.54) is 4.31 Å². The minimum Gasteiger partial charge on any atom is -0.354 e. The SMILES string of the molecule is Cc1nc(Nc2ccccn2)cc(N2CCN(S(=O)(=O)c3cccc4cccnc34)CC2)n1. The van der Waals surface area contributed by atoms with Crippen LogP contribution in [0.5, 0.6) is 0 Å². The summed E-state index contributed by atoms with van der Waals surface area (Å²) < 4.78 is 28.3. The zero-order valence-corrected chi connectivity index (χ0v) is 18.9. The fourth-order valence-electron chi connectivity index (χ4n) is 3.93. The van der Waals surface area contributed by atoms with Gasteiger partial charge in [0.15, 0.2) is 0 Å². The number of aromatic nitrogens is 4. The van der Waals surface area contributed by atoms with Crippen LogP contribution < -0.4 is 10.2 Å². The molecule has 0 bridgehead atoms. The summed E-state index contributed by atoms with van der Waals surface area (Å²) in [6, 6.07) is 16.4. The van der Waals surface area contributed by atoms with Gasteiger partial charge in [0.25, 0.3) is 0 Å². The number of piperazine rings is 1. The van der Waals surface area contributed by atoms with Crippen LogP contribution >= 0.6 is 0 Å². The van der Waals surface area contributed by atoms with Gasteiger partial charge in [-0.25, -0.2) is 23.4 Å². The van der Waals surface area contributed by atoms with Crippen LogP contribution in [0.4, 0.5) is 17.5 Å². The van der Waals surface area contributed by atoms with Crippen molar-refractivity contribution in [3.63, 3.8) is 0 Å². The van der Waals surface area contributed by atoms with Crippen LogP contribution in [0, 0.1) is 6.92 Å². The Hall–Kier alpha value is -3.63. The van der Waals surface area contributed by atoms with Gasteiger partial charge in [0.1, 0.15) is 28.2 Å². The van der Waals surface area contributed by atoms with Crippen LogP contribution in [0.1, 0.15) is 5.82 Å². The van der Waals surface area contributed by atoms with Gasteiger partial charge in [0.05, 0.1) is 5.52 Å². The lowest BCUT2D eigenvalue weighted by molar-refractivity contribution is 0.384. The first kappa shape index (κ1) is 21.2. The van der Waals surface area contributed by atoms with E-state index in [2.05, 4.69) is 30.2 Å². The molecule has 1 N–H and O–H groups in total. The lowest BCUT2D eigenvalue weighted by Crippen LogP contribution is -2.49. The summed E-state index contributed by atoms with van der Waals surface area (Å²) in [6.45, 7) is 3.60. The van der Waals surface area contributed by atoms with Crippen molar-refractivity contribution in [2.75, 3.05) is 36.4 Å². The fraction of sp³-hybridized carbons (Fsp3) is 0.217. The molecule has 0 amide bonds. The van der Waals surface area contributed by atoms with E-state index in [0.717, 1.165) is 11.2 Å². The van der Waals surface area contributed by atoms with Gasteiger partial charge in [-0.05, 0) is 31.2 Å². The Kier molecular flexibility index (Phi) is 5.61. The highest BCUT2D eigenvalue weighted by atomic mass is 32.2. The number of pyridine rings is 2. The largest absolute Gasteiger partial charge is 0.354 e. The maximum atomic E-state index is 13.4. The molecule has 0 spiro atoms. The molecule has 1 fully saturated rings. The molecule has 0 radical (unpaired) electrons. The van der Waals surface area contributed by atoms with E-state index in [4.69, 9.17) is 0 Å². The van der Waals surface area contributed by atoms with Crippen molar-refractivity contribution < 1.29 is 8.42 Å². The van der Waals surface area contributed by atoms with Crippen molar-refractivity contribution in [1.29, 1.82) is 0 Å². The molecule has 0 unspecified atom stereocenters. The third kappa shape index (κ3) is 4.35. The summed E-state index contributed by atoms with van der Waals surface area (Å²) in [5.41, 5.74) is 0.499. The van der Waals surface area contributed by atoms with E-state index in [0.29, 0.717) is 49.2 Å². The van der Waals surface area contributed by atoms with Crippen molar-refractivity contribution in [1.82, 2.24) is 24.2 Å². The van der Waals surface area contributed by atoms with Crippen molar-refractivity contribution in [2.24, 2.45) is 0 Å². The molecule has 0 aliphatic carbocycles. The average Bonchev–Trinajstić information content (AvgIpc) is 2.84. The second-order valence-electron chi connectivity index (χ2n) is 7.72. The van der Waals surface area contributed by atoms with Crippen molar-refractivity contribution in [3.05, 3.63) is 72.8 Å². The number of benzene rings is 1. The number of hydrogen-bond donors (Lipinski definition) is 1. The summed E-state index contributed by atoms with van der Waals surface area (Å²) in [7, 11) is -3.66. The number of aryl methyl sites for hydroxylation is 1. The number of para-hydroxylation sites is 1. The third-order valence-corrected chi connectivity index (χ3v) is 7.45. The first-order valence-electron chi connectivity index (χ1n) is 10.6. The number of fused-ring (bicyclic) bond motifs is 1. The predicted octanol–water partition coefficient (Wildman–Crippen LogP) is 2.98. The van der Waals surface area contributed by atoms with Gasteiger partial charge in [0, 0.05) is 50.0 Å². The third-order valence-electron chi connectivity index (χ3n) is 5.52. The normalized spacial score (nSPS) is 15.0. The van der Waals surface area contributed by atoms with E-state index in [9.17, 15) is 8.42 Å². The Morgan fingerprint density at radius 2 is 1.64 bits per heavy atom. The maximum absolute atomic E-state index is 13.4. The number of rotatable bonds is 5. The Morgan fingerprint density at radius 1 is 0.848 bits per heavy atom. The summed E-state index contributed by atoms with van der Waals surface area (Å²) in [5.74, 6) is 2.72. The summed E-state index contributed by atoms with van der Waals surface area (Å²) >= 11 is 0. The molecule has 3 aromatic heterocycles. The molecular formula is C23H23N7O2S. The Balaban J connectivity index is 1.34. The second-order valence-corrected chi connectivity index (χ2v) is 9.63. The topological polar surface area (TPSA) is 104 Å². The molecule has 5 rings (SSSR count). The van der Waals surface area contributed by atoms with Crippen LogP contribution in [0.3, 0.4) is 0 Å². The first-order valence-corrected chi connectivity index (χ1v) is 12.1. The number of nitrogens with one attached hydrogen (secondary N) is 1. The summed E-state index contributed by atoms with van der Waals surface area (Å²) in [6.07, 6.45) is 3.33. The Bertz CT molecular complexity index is 1380. The highest BCUT2D eigenvalue weighted by molar-refractivity contribution is 7.89. The highest BCUT2D eigenvalue weighted by Gasteiger charge is 2.30. The molecule has 4 heterocycles. The van der Waals surface area contributed by atoms with E-state index in [-0.39, 0.29) is 4.90 Å². The minimum absolute atomic E-state index is 0.244. The summed E-state index contributed by atoms with van der Waals surface area (Å²) in [4.78, 5) is 19.9. The molecule has 10 heteroatoms. The van der Waals surface area contributed by atoms with Gasteiger partial charge in [0.2, 0.25) is 10.0 Å². The van der Waals surface area contributed by atoms with E-state index in [1.54, 1.807) is 30.6 Å². The first-order chi connectivity index (χ1) is 16.0. The van der Waals surface area contributed by atoms with Gasteiger partial charge in [-0.1, -0.05) is 24.3 Å². The van der Waals surface area contributed by atoms with E-state index in [1.807, 2.05) is 43.3 Å². The van der Waals surface area contributed by atoms with Crippen molar-refractivity contribution in [3.8, 4) is 0 Å². The smallest absolute Gasteiger partial charge is 0.245 e. The standard InChI is InChI=1S/C23H23N7O2S/c1-17-26-21(28-20-9-2-3-10-24-20)16-22(27-17)29-12-14-30(15-13-29)33(31,32)19-8-4-6-18-7-5-11-25-23(18)19/h2-11,16H,12-15H2,1H3,(H,24,26,27,28). The van der Waals surface area contributed by atoms with Gasteiger partial charge in [-0.2, -0.15) is 4.31 Å². The second kappa shape index (κ2) is 8.72. The molecule has 168 valence electrons. The van der Waals surface area contributed by atoms with Gasteiger partial charge < -0.3 is 10.2 Å². The van der Waals surface area contributed by atoms with Crippen LogP contribution in [0.15, 0.2) is 71.9 Å². The van der Waals surface area contributed by atoms with E-state index < -0.39 is 10.0 Å². The molecule has 1 aliphatic rings. The molecule has 9 nitrogen and oxygen atoms in total. The molecule has 1 saturated heterocycles. The predicted molar refractivity (Wildman–Crippen MR) is 127 cm³/mol. The van der Waals surface area contributed by atoms with E-state index >= 15 is 0 Å². The Morgan fingerprint density at radius 3 is 2.42 bits per heavy atom. The number of hydrogen-bond acceptors (Lipinski definition) is 8. The summed E-state index contributed by atoms with van der Waals surface area (Å²) in [5, 5.41) is 4.00. The maximum Gasteiger partial charge on any atom is 0.245 e. The van der Waals surface area contributed by atoms with Crippen LogP contribution in [-0.4, -0.2) is 58.8 Å². The molecular weight excluding hydrogens is 438 g/mol. The Labute approximate surface area is 192 Å². The van der Waals surface area contributed by atoms with Crippen molar-refractivity contribution in [2.45, 2.75) is 11.8 Å². The van der Waals surface area contributed by atoms with Gasteiger partial charge in [-0.15, -0.1) is 0 Å². The van der Waals surface area contributed by atoms with Crippen LogP contribution in [0.25, 0.3) is 10.9 Å². The lowest BCUT2D eigenvalue weighted by Gasteiger charge is -2.35. The molecule has 33 heavy (non-hydrogen) atoms. The minimum atomic E-state index is -3.66. The lowest BCUT2D eigenvalue weighted by atomic mass is 10.2. The average molecular weight is 462 g/mol. The molecule has 0 saturated carbocycles. The van der Waals surface area contributed by atoms with Gasteiger partial charge in [-0.3, -0.25) is 4.98 Å². The van der Waals surface area contributed by atoms with Crippen LogP contribution in [0.2, 0.25) is 0 Å². The quantitative estimate of drug-likeness (QED) is 0.484. The van der Waals surface area contributed by atoms with Crippen molar-refractivity contribution >= 4 is 38.4 Å². The zero-order valence-electron chi connectivity index (χ0n) is 18.1. The monoisotopic (exact) mass is 461 g/mol. The number of sulfonamides is 1. The van der Waals surface area contributed by atoms with Crippen LogP contribution in [-0.2, 0) is 10.0 Å².